The van der Waals surface area contributed by atoms with Gasteiger partial charge in [0.15, 0.2) is 0 Å². The van der Waals surface area contributed by atoms with Gasteiger partial charge in [-0.3, -0.25) is 9.59 Å². The van der Waals surface area contributed by atoms with Crippen LogP contribution in [-0.2, 0) is 4.79 Å². The van der Waals surface area contributed by atoms with Crippen LogP contribution in [0.5, 0.6) is 0 Å². The Bertz CT molecular complexity index is 784. The molecule has 2 aromatic carbocycles. The zero-order valence-corrected chi connectivity index (χ0v) is 15.3. The highest BCUT2D eigenvalue weighted by Crippen LogP contribution is 2.18. The quantitative estimate of drug-likeness (QED) is 0.758. The van der Waals surface area contributed by atoms with Crippen LogP contribution in [0.1, 0.15) is 41.7 Å². The number of amides is 2. The van der Waals surface area contributed by atoms with Crippen molar-refractivity contribution in [3.8, 4) is 0 Å². The third kappa shape index (κ3) is 5.14. The molecule has 1 aliphatic heterocycles. The molecule has 0 aliphatic carbocycles. The number of hydrogen-bond donors (Lipinski definition) is 3. The standard InChI is InChI=1S/C21H24FN3O2/c1-14(24-21(27)17-3-2-12-23-13-17)15-6-10-19(11-7-15)25-20(26)16-4-8-18(22)9-5-16/h4-11,14,17,23H,2-3,12-13H2,1H3,(H,24,27)(H,25,26). The number of halogens is 1. The van der Waals surface area contributed by atoms with Gasteiger partial charge in [0.1, 0.15) is 5.82 Å². The molecule has 142 valence electrons. The molecule has 6 heteroatoms. The lowest BCUT2D eigenvalue weighted by Crippen LogP contribution is -2.41. The van der Waals surface area contributed by atoms with Gasteiger partial charge < -0.3 is 16.0 Å². The van der Waals surface area contributed by atoms with Crippen molar-refractivity contribution in [3.05, 3.63) is 65.5 Å². The number of rotatable bonds is 5. The van der Waals surface area contributed by atoms with Crippen molar-refractivity contribution >= 4 is 17.5 Å². The Morgan fingerprint density at radius 2 is 1.81 bits per heavy atom. The van der Waals surface area contributed by atoms with Crippen molar-refractivity contribution in [1.29, 1.82) is 0 Å². The molecule has 3 N–H and O–H groups in total. The molecule has 2 atom stereocenters. The molecule has 1 heterocycles. The molecule has 2 unspecified atom stereocenters. The average Bonchev–Trinajstić information content (AvgIpc) is 2.69. The summed E-state index contributed by atoms with van der Waals surface area (Å²) in [6.45, 7) is 3.65. The number of benzene rings is 2. The first-order valence-electron chi connectivity index (χ1n) is 9.21. The van der Waals surface area contributed by atoms with E-state index in [9.17, 15) is 14.0 Å². The first-order valence-corrected chi connectivity index (χ1v) is 9.21. The molecule has 27 heavy (non-hydrogen) atoms. The van der Waals surface area contributed by atoms with Crippen molar-refractivity contribution in [2.24, 2.45) is 5.92 Å². The van der Waals surface area contributed by atoms with Crippen LogP contribution in [0.25, 0.3) is 0 Å². The Morgan fingerprint density at radius 1 is 1.11 bits per heavy atom. The monoisotopic (exact) mass is 369 g/mol. The summed E-state index contributed by atoms with van der Waals surface area (Å²) in [7, 11) is 0. The molecule has 0 saturated carbocycles. The van der Waals surface area contributed by atoms with Crippen LogP contribution in [0.3, 0.4) is 0 Å². The van der Waals surface area contributed by atoms with Crippen LogP contribution in [0.4, 0.5) is 10.1 Å². The predicted molar refractivity (Wildman–Crippen MR) is 103 cm³/mol. The number of piperidine rings is 1. The first kappa shape index (κ1) is 19.0. The normalized spacial score (nSPS) is 17.8. The van der Waals surface area contributed by atoms with Crippen molar-refractivity contribution in [2.75, 3.05) is 18.4 Å². The number of anilines is 1. The van der Waals surface area contributed by atoms with Crippen LogP contribution in [0.2, 0.25) is 0 Å². The van der Waals surface area contributed by atoms with Gasteiger partial charge in [-0.2, -0.15) is 0 Å². The maximum Gasteiger partial charge on any atom is 0.255 e. The smallest absolute Gasteiger partial charge is 0.255 e. The first-order chi connectivity index (χ1) is 13.0. The van der Waals surface area contributed by atoms with E-state index in [1.807, 2.05) is 19.1 Å². The van der Waals surface area contributed by atoms with E-state index < -0.39 is 0 Å². The van der Waals surface area contributed by atoms with Crippen LogP contribution < -0.4 is 16.0 Å². The van der Waals surface area contributed by atoms with Gasteiger partial charge in [-0.05, 0) is 68.3 Å². The Morgan fingerprint density at radius 3 is 2.44 bits per heavy atom. The van der Waals surface area contributed by atoms with Gasteiger partial charge in [-0.25, -0.2) is 4.39 Å². The summed E-state index contributed by atoms with van der Waals surface area (Å²) in [4.78, 5) is 24.5. The average molecular weight is 369 g/mol. The molecular weight excluding hydrogens is 345 g/mol. The van der Waals surface area contributed by atoms with E-state index >= 15 is 0 Å². The highest BCUT2D eigenvalue weighted by Gasteiger charge is 2.22. The molecule has 3 rings (SSSR count). The lowest BCUT2D eigenvalue weighted by Gasteiger charge is -2.24. The second-order valence-corrected chi connectivity index (χ2v) is 6.86. The topological polar surface area (TPSA) is 70.2 Å². The second-order valence-electron chi connectivity index (χ2n) is 6.86. The Kier molecular flexibility index (Phi) is 6.19. The number of hydrogen-bond acceptors (Lipinski definition) is 3. The van der Waals surface area contributed by atoms with Crippen molar-refractivity contribution in [1.82, 2.24) is 10.6 Å². The summed E-state index contributed by atoms with van der Waals surface area (Å²) < 4.78 is 12.9. The molecule has 0 spiro atoms. The SMILES string of the molecule is CC(NC(=O)C1CCCNC1)c1ccc(NC(=O)c2ccc(F)cc2)cc1. The van der Waals surface area contributed by atoms with Crippen molar-refractivity contribution < 1.29 is 14.0 Å². The van der Waals surface area contributed by atoms with Crippen molar-refractivity contribution in [3.63, 3.8) is 0 Å². The van der Waals surface area contributed by atoms with Gasteiger partial charge in [-0.15, -0.1) is 0 Å². The second kappa shape index (κ2) is 8.77. The van der Waals surface area contributed by atoms with Crippen LogP contribution in [-0.4, -0.2) is 24.9 Å². The Balaban J connectivity index is 1.56. The lowest BCUT2D eigenvalue weighted by molar-refractivity contribution is -0.126. The fourth-order valence-electron chi connectivity index (χ4n) is 3.15. The fourth-order valence-corrected chi connectivity index (χ4v) is 3.15. The third-order valence-corrected chi connectivity index (χ3v) is 4.80. The fraction of sp³-hybridized carbons (Fsp3) is 0.333. The van der Waals surface area contributed by atoms with Crippen LogP contribution in [0.15, 0.2) is 48.5 Å². The minimum absolute atomic E-state index is 0.0236. The minimum atomic E-state index is -0.379. The van der Waals surface area contributed by atoms with Gasteiger partial charge in [0.2, 0.25) is 5.91 Å². The number of carbonyl (C=O) groups excluding carboxylic acids is 2. The summed E-state index contributed by atoms with van der Waals surface area (Å²) >= 11 is 0. The summed E-state index contributed by atoms with van der Waals surface area (Å²) in [5.41, 5.74) is 2.00. The van der Waals surface area contributed by atoms with Gasteiger partial charge in [0, 0.05) is 17.8 Å². The van der Waals surface area contributed by atoms with E-state index in [1.54, 1.807) is 12.1 Å². The molecule has 2 amide bonds. The van der Waals surface area contributed by atoms with Gasteiger partial charge in [-0.1, -0.05) is 12.1 Å². The van der Waals surface area contributed by atoms with E-state index in [2.05, 4.69) is 16.0 Å². The van der Waals surface area contributed by atoms with E-state index in [0.29, 0.717) is 11.3 Å². The van der Waals surface area contributed by atoms with E-state index in [4.69, 9.17) is 0 Å². The molecular formula is C21H24FN3O2. The predicted octanol–water partition coefficient (Wildman–Crippen LogP) is 3.25. The number of carbonyl (C=O) groups is 2. The number of nitrogens with one attached hydrogen (secondary N) is 3. The molecule has 5 nitrogen and oxygen atoms in total. The third-order valence-electron chi connectivity index (χ3n) is 4.80. The van der Waals surface area contributed by atoms with Crippen molar-refractivity contribution in [2.45, 2.75) is 25.8 Å². The summed E-state index contributed by atoms with van der Waals surface area (Å²) in [6.07, 6.45) is 1.94. The Hall–Kier alpha value is -2.73. The molecule has 0 bridgehead atoms. The molecule has 1 fully saturated rings. The lowest BCUT2D eigenvalue weighted by atomic mass is 9.98. The van der Waals surface area contributed by atoms with E-state index in [1.165, 1.54) is 24.3 Å². The van der Waals surface area contributed by atoms with Gasteiger partial charge >= 0.3 is 0 Å². The maximum atomic E-state index is 12.9. The maximum absolute atomic E-state index is 12.9. The highest BCUT2D eigenvalue weighted by atomic mass is 19.1. The van der Waals surface area contributed by atoms with Gasteiger partial charge in [0.25, 0.3) is 5.91 Å². The molecule has 1 saturated heterocycles. The molecule has 0 radical (unpaired) electrons. The van der Waals surface area contributed by atoms with Crippen LogP contribution >= 0.6 is 0 Å². The molecule has 0 aromatic heterocycles. The van der Waals surface area contributed by atoms with E-state index in [0.717, 1.165) is 31.5 Å². The molecule has 2 aromatic rings. The Labute approximate surface area is 158 Å². The summed E-state index contributed by atoms with van der Waals surface area (Å²) in [6, 6.07) is 12.6. The minimum Gasteiger partial charge on any atom is -0.349 e. The highest BCUT2D eigenvalue weighted by molar-refractivity contribution is 6.04. The van der Waals surface area contributed by atoms with Gasteiger partial charge in [0.05, 0.1) is 12.0 Å². The zero-order chi connectivity index (χ0) is 19.2. The van der Waals surface area contributed by atoms with E-state index in [-0.39, 0.29) is 29.6 Å². The zero-order valence-electron chi connectivity index (χ0n) is 15.3. The van der Waals surface area contributed by atoms with Crippen LogP contribution in [0, 0.1) is 11.7 Å². The summed E-state index contributed by atoms with van der Waals surface area (Å²) in [5, 5.41) is 9.08. The molecule has 1 aliphatic rings. The largest absolute Gasteiger partial charge is 0.349 e. The summed E-state index contributed by atoms with van der Waals surface area (Å²) in [5.74, 6) is -0.580.